The van der Waals surface area contributed by atoms with E-state index in [2.05, 4.69) is 0 Å². The fourth-order valence-corrected chi connectivity index (χ4v) is 1.91. The van der Waals surface area contributed by atoms with Gasteiger partial charge in [-0.15, -0.1) is 0 Å². The van der Waals surface area contributed by atoms with Crippen LogP contribution in [0.1, 0.15) is 29.8 Å². The number of methoxy groups -OCH3 is 1. The summed E-state index contributed by atoms with van der Waals surface area (Å²) >= 11 is 6.08. The molecule has 3 nitrogen and oxygen atoms in total. The molecular weight excluding hydrogens is 240 g/mol. The van der Waals surface area contributed by atoms with Gasteiger partial charge in [0.2, 0.25) is 0 Å². The Balaban J connectivity index is 2.59. The number of hydrogen-bond acceptors (Lipinski definition) is 3. The maximum atomic E-state index is 11.6. The fourth-order valence-electron chi connectivity index (χ4n) is 1.71. The van der Waals surface area contributed by atoms with Crippen molar-refractivity contribution in [3.05, 3.63) is 34.4 Å². The van der Waals surface area contributed by atoms with Crippen molar-refractivity contribution in [2.45, 2.75) is 19.4 Å². The quantitative estimate of drug-likeness (QED) is 0.720. The summed E-state index contributed by atoms with van der Waals surface area (Å²) < 4.78 is 10.5. The molecule has 0 atom stereocenters. The number of benzene rings is 1. The summed E-state index contributed by atoms with van der Waals surface area (Å²) in [5, 5.41) is 0.491. The van der Waals surface area contributed by atoms with Gasteiger partial charge in [-0.1, -0.05) is 17.7 Å². The molecule has 0 aliphatic carbocycles. The molecule has 0 unspecified atom stereocenters. The molecule has 1 aromatic carbocycles. The van der Waals surface area contributed by atoms with Gasteiger partial charge in [-0.3, -0.25) is 0 Å². The average Bonchev–Trinajstić information content (AvgIpc) is 2.28. The van der Waals surface area contributed by atoms with E-state index in [1.165, 1.54) is 7.11 Å². The molecule has 0 spiro atoms. The highest BCUT2D eigenvalue weighted by Gasteiger charge is 2.27. The summed E-state index contributed by atoms with van der Waals surface area (Å²) in [6.07, 6.45) is 3.73. The Morgan fingerprint density at radius 3 is 2.76 bits per heavy atom. The molecule has 0 saturated heterocycles. The smallest absolute Gasteiger partial charge is 0.338 e. The van der Waals surface area contributed by atoms with E-state index in [4.69, 9.17) is 21.1 Å². The molecule has 1 aliphatic rings. The number of halogens is 1. The fraction of sp³-hybridized carbons (Fsp3) is 0.308. The topological polar surface area (TPSA) is 35.5 Å². The van der Waals surface area contributed by atoms with Crippen LogP contribution in [-0.2, 0) is 4.74 Å². The van der Waals surface area contributed by atoms with E-state index in [9.17, 15) is 4.79 Å². The van der Waals surface area contributed by atoms with Crippen molar-refractivity contribution in [2.75, 3.05) is 7.11 Å². The summed E-state index contributed by atoms with van der Waals surface area (Å²) in [7, 11) is 1.35. The van der Waals surface area contributed by atoms with Crippen molar-refractivity contribution in [1.82, 2.24) is 0 Å². The molecule has 4 heteroatoms. The summed E-state index contributed by atoms with van der Waals surface area (Å²) in [5.74, 6) is 0.132. The number of carbonyl (C=O) groups excluding carboxylic acids is 1. The van der Waals surface area contributed by atoms with Gasteiger partial charge in [0.05, 0.1) is 17.7 Å². The van der Waals surface area contributed by atoms with Crippen LogP contribution in [0.15, 0.2) is 18.2 Å². The minimum Gasteiger partial charge on any atom is -0.482 e. The van der Waals surface area contributed by atoms with Gasteiger partial charge in [0.25, 0.3) is 0 Å². The zero-order valence-corrected chi connectivity index (χ0v) is 10.7. The van der Waals surface area contributed by atoms with E-state index >= 15 is 0 Å². The first kappa shape index (κ1) is 12.0. The minimum atomic E-state index is -0.425. The van der Waals surface area contributed by atoms with Crippen LogP contribution in [0.3, 0.4) is 0 Å². The first-order chi connectivity index (χ1) is 7.94. The number of esters is 1. The van der Waals surface area contributed by atoms with Crippen LogP contribution in [0.25, 0.3) is 6.08 Å². The highest BCUT2D eigenvalue weighted by Crippen LogP contribution is 2.38. The van der Waals surface area contributed by atoms with E-state index in [1.54, 1.807) is 12.1 Å². The Labute approximate surface area is 105 Å². The summed E-state index contributed by atoms with van der Waals surface area (Å²) in [6.45, 7) is 3.85. The minimum absolute atomic E-state index is 0.397. The first-order valence-electron chi connectivity index (χ1n) is 5.24. The van der Waals surface area contributed by atoms with Gasteiger partial charge in [0.15, 0.2) is 0 Å². The Kier molecular flexibility index (Phi) is 2.87. The molecule has 1 aromatic rings. The van der Waals surface area contributed by atoms with Crippen molar-refractivity contribution in [3.8, 4) is 5.75 Å². The van der Waals surface area contributed by atoms with E-state index in [0.717, 1.165) is 0 Å². The maximum absolute atomic E-state index is 11.6. The molecule has 0 radical (unpaired) electrons. The second kappa shape index (κ2) is 4.08. The Bertz CT molecular complexity index is 504. The molecule has 17 heavy (non-hydrogen) atoms. The zero-order valence-electron chi connectivity index (χ0n) is 9.91. The van der Waals surface area contributed by atoms with Gasteiger partial charge in [-0.25, -0.2) is 4.79 Å². The Morgan fingerprint density at radius 2 is 2.12 bits per heavy atom. The largest absolute Gasteiger partial charge is 0.482 e. The number of carbonyl (C=O) groups is 1. The van der Waals surface area contributed by atoms with Gasteiger partial charge < -0.3 is 9.47 Å². The molecular formula is C13H13ClO3. The van der Waals surface area contributed by atoms with Gasteiger partial charge >= 0.3 is 5.97 Å². The normalized spacial score (nSPS) is 16.0. The highest BCUT2D eigenvalue weighted by atomic mass is 35.5. The third-order valence-corrected chi connectivity index (χ3v) is 2.87. The molecule has 0 amide bonds. The number of ether oxygens (including phenoxy) is 2. The molecule has 0 saturated carbocycles. The Morgan fingerprint density at radius 1 is 1.41 bits per heavy atom. The van der Waals surface area contributed by atoms with Crippen molar-refractivity contribution < 1.29 is 14.3 Å². The number of hydrogen-bond donors (Lipinski definition) is 0. The lowest BCUT2D eigenvalue weighted by atomic mass is 9.98. The SMILES string of the molecule is COC(=O)c1ccc(Cl)c2c1C=CC(C)(C)O2. The third kappa shape index (κ3) is 2.15. The van der Waals surface area contributed by atoms with Gasteiger partial charge in [0, 0.05) is 5.56 Å². The standard InChI is InChI=1S/C13H13ClO3/c1-13(2)7-6-8-9(12(15)16-3)4-5-10(14)11(8)17-13/h4-7H,1-3H3. The van der Waals surface area contributed by atoms with Crippen LogP contribution in [0.4, 0.5) is 0 Å². The summed E-state index contributed by atoms with van der Waals surface area (Å²) in [6, 6.07) is 3.28. The molecule has 0 aromatic heterocycles. The van der Waals surface area contributed by atoms with Crippen LogP contribution < -0.4 is 4.74 Å². The second-order valence-electron chi connectivity index (χ2n) is 4.37. The van der Waals surface area contributed by atoms with E-state index in [-0.39, 0.29) is 0 Å². The molecule has 0 bridgehead atoms. The van der Waals surface area contributed by atoms with Crippen LogP contribution in [0.2, 0.25) is 5.02 Å². The Hall–Kier alpha value is -1.48. The second-order valence-corrected chi connectivity index (χ2v) is 4.78. The molecule has 1 aliphatic heterocycles. The lowest BCUT2D eigenvalue weighted by Gasteiger charge is -2.29. The number of fused-ring (bicyclic) bond motifs is 1. The van der Waals surface area contributed by atoms with Crippen molar-refractivity contribution in [2.24, 2.45) is 0 Å². The zero-order chi connectivity index (χ0) is 12.6. The van der Waals surface area contributed by atoms with Crippen LogP contribution in [0.5, 0.6) is 5.75 Å². The van der Waals surface area contributed by atoms with E-state index < -0.39 is 11.6 Å². The highest BCUT2D eigenvalue weighted by molar-refractivity contribution is 6.32. The van der Waals surface area contributed by atoms with E-state index in [1.807, 2.05) is 26.0 Å². The maximum Gasteiger partial charge on any atom is 0.338 e. The monoisotopic (exact) mass is 252 g/mol. The molecule has 2 rings (SSSR count). The van der Waals surface area contributed by atoms with Crippen LogP contribution in [0, 0.1) is 0 Å². The van der Waals surface area contributed by atoms with Crippen molar-refractivity contribution >= 4 is 23.6 Å². The molecule has 0 fully saturated rings. The summed E-state index contributed by atoms with van der Waals surface area (Å²) in [4.78, 5) is 11.6. The van der Waals surface area contributed by atoms with Gasteiger partial charge in [-0.2, -0.15) is 0 Å². The van der Waals surface area contributed by atoms with Crippen molar-refractivity contribution in [3.63, 3.8) is 0 Å². The summed E-state index contributed by atoms with van der Waals surface area (Å²) in [5.41, 5.74) is 0.702. The molecule has 1 heterocycles. The van der Waals surface area contributed by atoms with E-state index in [0.29, 0.717) is 21.9 Å². The predicted molar refractivity (Wildman–Crippen MR) is 66.5 cm³/mol. The third-order valence-electron chi connectivity index (χ3n) is 2.57. The molecule has 90 valence electrons. The van der Waals surface area contributed by atoms with Gasteiger partial charge in [-0.05, 0) is 32.1 Å². The van der Waals surface area contributed by atoms with Crippen LogP contribution >= 0.6 is 11.6 Å². The van der Waals surface area contributed by atoms with Gasteiger partial charge in [0.1, 0.15) is 11.4 Å². The number of rotatable bonds is 1. The van der Waals surface area contributed by atoms with Crippen LogP contribution in [-0.4, -0.2) is 18.7 Å². The first-order valence-corrected chi connectivity index (χ1v) is 5.61. The average molecular weight is 253 g/mol. The lowest BCUT2D eigenvalue weighted by molar-refractivity contribution is 0.0598. The molecule has 0 N–H and O–H groups in total. The predicted octanol–water partition coefficient (Wildman–Crippen LogP) is 3.31. The lowest BCUT2D eigenvalue weighted by Crippen LogP contribution is -2.28. The van der Waals surface area contributed by atoms with Crippen molar-refractivity contribution in [1.29, 1.82) is 0 Å².